The minimum atomic E-state index is 0.461. The molecule has 2 aliphatic rings. The zero-order valence-corrected chi connectivity index (χ0v) is 10.7. The lowest BCUT2D eigenvalue weighted by molar-refractivity contribution is 0.0366. The second kappa shape index (κ2) is 5.63. The number of hydrogen-bond acceptors (Lipinski definition) is 3. The molecule has 3 nitrogen and oxygen atoms in total. The molecule has 18 heavy (non-hydrogen) atoms. The van der Waals surface area contributed by atoms with Crippen molar-refractivity contribution in [2.45, 2.75) is 18.9 Å². The van der Waals surface area contributed by atoms with E-state index in [1.165, 1.54) is 11.1 Å². The van der Waals surface area contributed by atoms with Gasteiger partial charge in [-0.05, 0) is 24.0 Å². The first-order chi connectivity index (χ1) is 8.92. The first-order valence-corrected chi connectivity index (χ1v) is 6.83. The summed E-state index contributed by atoms with van der Waals surface area (Å²) in [5, 5.41) is 0. The molecule has 2 heterocycles. The fourth-order valence-electron chi connectivity index (χ4n) is 2.67. The molecule has 1 atom stereocenters. The Balaban J connectivity index is 1.53. The van der Waals surface area contributed by atoms with Gasteiger partial charge in [0.05, 0.1) is 19.3 Å². The largest absolute Gasteiger partial charge is 0.379 e. The third kappa shape index (κ3) is 2.79. The maximum Gasteiger partial charge on any atom is 0.0594 e. The van der Waals surface area contributed by atoms with Crippen LogP contribution >= 0.6 is 0 Å². The van der Waals surface area contributed by atoms with E-state index in [9.17, 15) is 0 Å². The van der Waals surface area contributed by atoms with Crippen molar-refractivity contribution in [3.8, 4) is 0 Å². The summed E-state index contributed by atoms with van der Waals surface area (Å²) in [6, 6.07) is 9.04. The average molecular weight is 244 g/mol. The third-order valence-electron chi connectivity index (χ3n) is 3.82. The molecule has 0 aromatic heterocycles. The van der Waals surface area contributed by atoms with Gasteiger partial charge in [0.2, 0.25) is 0 Å². The molecule has 0 radical (unpaired) electrons. The van der Waals surface area contributed by atoms with Crippen LogP contribution in [0, 0.1) is 0 Å². The SMILES string of the molecule is C1=N[C@H](CCN2CCOCC2)Cc2ccccc21. The number of rotatable bonds is 3. The predicted octanol–water partition coefficient (Wildman–Crippen LogP) is 1.75. The van der Waals surface area contributed by atoms with Crippen LogP contribution in [-0.2, 0) is 11.2 Å². The van der Waals surface area contributed by atoms with Gasteiger partial charge in [0, 0.05) is 25.8 Å². The summed E-state index contributed by atoms with van der Waals surface area (Å²) in [5.74, 6) is 0. The molecule has 96 valence electrons. The van der Waals surface area contributed by atoms with Gasteiger partial charge >= 0.3 is 0 Å². The maximum atomic E-state index is 5.37. The van der Waals surface area contributed by atoms with E-state index in [2.05, 4.69) is 34.2 Å². The number of fused-ring (bicyclic) bond motifs is 1. The number of nitrogens with zero attached hydrogens (tertiary/aromatic N) is 2. The third-order valence-corrected chi connectivity index (χ3v) is 3.82. The van der Waals surface area contributed by atoms with E-state index in [4.69, 9.17) is 4.74 Å². The Kier molecular flexibility index (Phi) is 3.72. The van der Waals surface area contributed by atoms with Crippen molar-refractivity contribution in [3.05, 3.63) is 35.4 Å². The number of ether oxygens (including phenoxy) is 1. The maximum absolute atomic E-state index is 5.37. The van der Waals surface area contributed by atoms with Crippen LogP contribution in [0.3, 0.4) is 0 Å². The van der Waals surface area contributed by atoms with Gasteiger partial charge in [-0.2, -0.15) is 0 Å². The second-order valence-corrected chi connectivity index (χ2v) is 5.08. The van der Waals surface area contributed by atoms with Crippen molar-refractivity contribution in [2.24, 2.45) is 4.99 Å². The predicted molar refractivity (Wildman–Crippen MR) is 73.4 cm³/mol. The van der Waals surface area contributed by atoms with Gasteiger partial charge < -0.3 is 4.74 Å². The zero-order valence-electron chi connectivity index (χ0n) is 10.7. The summed E-state index contributed by atoms with van der Waals surface area (Å²) in [6.45, 7) is 5.07. The van der Waals surface area contributed by atoms with E-state index in [1.807, 2.05) is 6.21 Å². The van der Waals surface area contributed by atoms with Crippen LogP contribution in [0.1, 0.15) is 17.5 Å². The monoisotopic (exact) mass is 244 g/mol. The highest BCUT2D eigenvalue weighted by molar-refractivity contribution is 5.83. The quantitative estimate of drug-likeness (QED) is 0.809. The minimum Gasteiger partial charge on any atom is -0.379 e. The molecule has 0 saturated carbocycles. The van der Waals surface area contributed by atoms with Gasteiger partial charge in [-0.3, -0.25) is 9.89 Å². The highest BCUT2D eigenvalue weighted by atomic mass is 16.5. The summed E-state index contributed by atoms with van der Waals surface area (Å²) in [5.41, 5.74) is 2.74. The Morgan fingerprint density at radius 1 is 1.22 bits per heavy atom. The van der Waals surface area contributed by atoms with Crippen molar-refractivity contribution in [3.63, 3.8) is 0 Å². The number of aliphatic imine (C=N–C) groups is 1. The first kappa shape index (κ1) is 11.9. The van der Waals surface area contributed by atoms with Gasteiger partial charge in [0.1, 0.15) is 0 Å². The molecule has 3 rings (SSSR count). The molecule has 1 aromatic rings. The lowest BCUT2D eigenvalue weighted by Crippen LogP contribution is -2.38. The van der Waals surface area contributed by atoms with Gasteiger partial charge in [-0.25, -0.2) is 0 Å². The number of morpholine rings is 1. The Bertz CT molecular complexity index is 424. The van der Waals surface area contributed by atoms with E-state index < -0.39 is 0 Å². The van der Waals surface area contributed by atoms with E-state index >= 15 is 0 Å². The van der Waals surface area contributed by atoms with Crippen LogP contribution < -0.4 is 0 Å². The van der Waals surface area contributed by atoms with Crippen LogP contribution in [0.15, 0.2) is 29.3 Å². The molecule has 0 N–H and O–H groups in total. The molecule has 0 bridgehead atoms. The lowest BCUT2D eigenvalue weighted by Gasteiger charge is -2.28. The molecule has 0 amide bonds. The van der Waals surface area contributed by atoms with Crippen molar-refractivity contribution in [1.82, 2.24) is 4.90 Å². The summed E-state index contributed by atoms with van der Waals surface area (Å²) in [4.78, 5) is 7.16. The van der Waals surface area contributed by atoms with Gasteiger partial charge in [0.15, 0.2) is 0 Å². The van der Waals surface area contributed by atoms with Crippen LogP contribution in [0.25, 0.3) is 0 Å². The molecule has 1 fully saturated rings. The topological polar surface area (TPSA) is 24.8 Å². The van der Waals surface area contributed by atoms with Gasteiger partial charge in [-0.1, -0.05) is 24.3 Å². The van der Waals surface area contributed by atoms with Crippen LogP contribution in [-0.4, -0.2) is 50.0 Å². The lowest BCUT2D eigenvalue weighted by atomic mass is 9.96. The Hall–Kier alpha value is -1.19. The highest BCUT2D eigenvalue weighted by Gasteiger charge is 2.17. The van der Waals surface area contributed by atoms with Gasteiger partial charge in [0.25, 0.3) is 0 Å². The highest BCUT2D eigenvalue weighted by Crippen LogP contribution is 2.18. The smallest absolute Gasteiger partial charge is 0.0594 e. The molecule has 2 aliphatic heterocycles. The molecule has 0 aliphatic carbocycles. The Morgan fingerprint density at radius 2 is 2.06 bits per heavy atom. The zero-order chi connectivity index (χ0) is 12.2. The summed E-state index contributed by atoms with van der Waals surface area (Å²) in [6.07, 6.45) is 4.30. The Labute approximate surface area is 108 Å². The summed E-state index contributed by atoms with van der Waals surface area (Å²) in [7, 11) is 0. The van der Waals surface area contributed by atoms with Crippen molar-refractivity contribution < 1.29 is 4.74 Å². The number of benzene rings is 1. The Morgan fingerprint density at radius 3 is 2.94 bits per heavy atom. The molecule has 3 heteroatoms. The van der Waals surface area contributed by atoms with Crippen LogP contribution in [0.5, 0.6) is 0 Å². The van der Waals surface area contributed by atoms with Crippen molar-refractivity contribution in [1.29, 1.82) is 0 Å². The average Bonchev–Trinajstić information content (AvgIpc) is 2.46. The van der Waals surface area contributed by atoms with Crippen LogP contribution in [0.2, 0.25) is 0 Å². The molecule has 1 saturated heterocycles. The molecule has 1 aromatic carbocycles. The van der Waals surface area contributed by atoms with E-state index in [0.29, 0.717) is 6.04 Å². The van der Waals surface area contributed by atoms with Gasteiger partial charge in [-0.15, -0.1) is 0 Å². The van der Waals surface area contributed by atoms with Crippen molar-refractivity contribution >= 4 is 6.21 Å². The second-order valence-electron chi connectivity index (χ2n) is 5.08. The molecule has 0 unspecified atom stereocenters. The number of hydrogen-bond donors (Lipinski definition) is 0. The minimum absolute atomic E-state index is 0.461. The fraction of sp³-hybridized carbons (Fsp3) is 0.533. The first-order valence-electron chi connectivity index (χ1n) is 6.83. The van der Waals surface area contributed by atoms with E-state index in [0.717, 1.165) is 45.7 Å². The molecular weight excluding hydrogens is 224 g/mol. The standard InChI is InChI=1S/C15H20N2O/c1-2-4-14-12-16-15(11-13(14)3-1)5-6-17-7-9-18-10-8-17/h1-4,12,15H,5-11H2/t15-/m1/s1. The van der Waals surface area contributed by atoms with Crippen LogP contribution in [0.4, 0.5) is 0 Å². The molecular formula is C15H20N2O. The van der Waals surface area contributed by atoms with Crippen molar-refractivity contribution in [2.75, 3.05) is 32.8 Å². The summed E-state index contributed by atoms with van der Waals surface area (Å²) >= 11 is 0. The summed E-state index contributed by atoms with van der Waals surface area (Å²) < 4.78 is 5.37. The van der Waals surface area contributed by atoms with E-state index in [-0.39, 0.29) is 0 Å². The fourth-order valence-corrected chi connectivity index (χ4v) is 2.67. The van der Waals surface area contributed by atoms with E-state index in [1.54, 1.807) is 0 Å². The normalized spacial score (nSPS) is 23.9. The molecule has 0 spiro atoms.